The third-order valence-corrected chi connectivity index (χ3v) is 7.65. The molecule has 1 aromatic rings. The average Bonchev–Trinajstić information content (AvgIpc) is 2.90. The molecule has 0 spiro atoms. The molecule has 0 fully saturated rings. The number of ether oxygens (including phenoxy) is 2. The van der Waals surface area contributed by atoms with Gasteiger partial charge in [-0.3, -0.25) is 4.79 Å². The largest absolute Gasteiger partial charge is 0.465 e. The van der Waals surface area contributed by atoms with Crippen molar-refractivity contribution in [3.8, 4) is 0 Å². The second-order valence-electron chi connectivity index (χ2n) is 11.4. The van der Waals surface area contributed by atoms with E-state index in [1.165, 1.54) is 0 Å². The van der Waals surface area contributed by atoms with Crippen molar-refractivity contribution in [3.63, 3.8) is 0 Å². The maximum atomic E-state index is 14.0. The zero-order valence-electron chi connectivity index (χ0n) is 24.5. The molecule has 0 aromatic heterocycles. The maximum Gasteiger partial charge on any atom is 0.344 e. The number of azide groups is 1. The zero-order valence-corrected chi connectivity index (χ0v) is 24.5. The molecule has 0 saturated heterocycles. The van der Waals surface area contributed by atoms with E-state index in [-0.39, 0.29) is 18.5 Å². The molecular weight excluding hydrogens is 530 g/mol. The summed E-state index contributed by atoms with van der Waals surface area (Å²) in [6, 6.07) is 0. The summed E-state index contributed by atoms with van der Waals surface area (Å²) in [7, 11) is 0. The number of benzene rings is 1. The third kappa shape index (κ3) is 10.3. The molecule has 2 unspecified atom stereocenters. The molecule has 2 atom stereocenters. The van der Waals surface area contributed by atoms with Crippen LogP contribution < -0.4 is 0 Å². The summed E-state index contributed by atoms with van der Waals surface area (Å²) in [5.74, 6) is -8.46. The molecule has 1 rings (SSSR count). The van der Waals surface area contributed by atoms with Gasteiger partial charge in [0.05, 0.1) is 18.6 Å². The second-order valence-corrected chi connectivity index (χ2v) is 11.4. The molecule has 0 aliphatic heterocycles. The van der Waals surface area contributed by atoms with Crippen LogP contribution in [0.25, 0.3) is 10.4 Å². The molecule has 226 valence electrons. The third-order valence-electron chi connectivity index (χ3n) is 7.65. The standard InChI is InChI=1S/C29H43F4N3O4/c1-18(2)20(4)29(5,6)28(38)40-17-12-9-7-8-10-14-19(3)15-11-13-16-39-27(37)21-22(30)24(32)26(35-36-34)25(33)23(21)31/h18-20H,7-17H2,1-6H3. The predicted molar refractivity (Wildman–Crippen MR) is 145 cm³/mol. The number of hydrogen-bond acceptors (Lipinski definition) is 5. The Labute approximate surface area is 234 Å². The van der Waals surface area contributed by atoms with Gasteiger partial charge in [-0.15, -0.1) is 0 Å². The summed E-state index contributed by atoms with van der Waals surface area (Å²) in [5.41, 5.74) is 4.79. The van der Waals surface area contributed by atoms with Gasteiger partial charge in [0.25, 0.3) is 0 Å². The van der Waals surface area contributed by atoms with Gasteiger partial charge in [0, 0.05) is 4.91 Å². The molecule has 1 aromatic carbocycles. The summed E-state index contributed by atoms with van der Waals surface area (Å²) < 4.78 is 66.0. The van der Waals surface area contributed by atoms with Crippen molar-refractivity contribution in [3.05, 3.63) is 39.3 Å². The maximum absolute atomic E-state index is 14.0. The van der Waals surface area contributed by atoms with Crippen LogP contribution in [0.15, 0.2) is 5.11 Å². The van der Waals surface area contributed by atoms with E-state index in [0.717, 1.165) is 44.9 Å². The van der Waals surface area contributed by atoms with Crippen LogP contribution in [0, 0.1) is 46.4 Å². The first kappa shape index (κ1) is 35.2. The number of hydrogen-bond donors (Lipinski definition) is 0. The number of nitrogens with zero attached hydrogens (tertiary/aromatic N) is 3. The predicted octanol–water partition coefficient (Wildman–Crippen LogP) is 9.35. The zero-order chi connectivity index (χ0) is 30.5. The van der Waals surface area contributed by atoms with Crippen molar-refractivity contribution in [2.75, 3.05) is 13.2 Å². The Kier molecular flexibility index (Phi) is 15.1. The molecule has 11 heteroatoms. The minimum atomic E-state index is -1.97. The van der Waals surface area contributed by atoms with E-state index in [2.05, 4.69) is 37.7 Å². The highest BCUT2D eigenvalue weighted by Gasteiger charge is 2.37. The van der Waals surface area contributed by atoms with Crippen molar-refractivity contribution in [1.82, 2.24) is 0 Å². The topological polar surface area (TPSA) is 101 Å². The van der Waals surface area contributed by atoms with Gasteiger partial charge in [-0.2, -0.15) is 0 Å². The van der Waals surface area contributed by atoms with Crippen LogP contribution in [0.5, 0.6) is 0 Å². The molecule has 0 N–H and O–H groups in total. The van der Waals surface area contributed by atoms with Gasteiger partial charge in [0.2, 0.25) is 0 Å². The summed E-state index contributed by atoms with van der Waals surface area (Å²) in [4.78, 5) is 26.5. The van der Waals surface area contributed by atoms with Crippen molar-refractivity contribution >= 4 is 17.6 Å². The molecule has 0 aliphatic rings. The lowest BCUT2D eigenvalue weighted by molar-refractivity contribution is -0.158. The van der Waals surface area contributed by atoms with Crippen LogP contribution in [-0.4, -0.2) is 25.2 Å². The van der Waals surface area contributed by atoms with Gasteiger partial charge < -0.3 is 9.47 Å². The normalized spacial score (nSPS) is 13.1. The monoisotopic (exact) mass is 573 g/mol. The smallest absolute Gasteiger partial charge is 0.344 e. The summed E-state index contributed by atoms with van der Waals surface area (Å²) in [6.07, 6.45) is 8.07. The van der Waals surface area contributed by atoms with E-state index in [4.69, 9.17) is 15.0 Å². The molecule has 7 nitrogen and oxygen atoms in total. The van der Waals surface area contributed by atoms with Gasteiger partial charge >= 0.3 is 11.9 Å². The van der Waals surface area contributed by atoms with E-state index in [1.807, 2.05) is 13.8 Å². The summed E-state index contributed by atoms with van der Waals surface area (Å²) in [5, 5.41) is 2.58. The first-order valence-electron chi connectivity index (χ1n) is 14.0. The fraction of sp³-hybridized carbons (Fsp3) is 0.724. The van der Waals surface area contributed by atoms with Gasteiger partial charge in [0.15, 0.2) is 23.3 Å². The number of unbranched alkanes of at least 4 members (excludes halogenated alkanes) is 5. The van der Waals surface area contributed by atoms with Crippen molar-refractivity contribution in [2.24, 2.45) is 28.3 Å². The average molecular weight is 574 g/mol. The lowest BCUT2D eigenvalue weighted by Crippen LogP contribution is -2.35. The molecule has 0 amide bonds. The quantitative estimate of drug-likeness (QED) is 0.0332. The minimum Gasteiger partial charge on any atom is -0.465 e. The van der Waals surface area contributed by atoms with Gasteiger partial charge in [-0.25, -0.2) is 22.4 Å². The van der Waals surface area contributed by atoms with Crippen molar-refractivity contribution in [1.29, 1.82) is 0 Å². The Morgan fingerprint density at radius 2 is 1.27 bits per heavy atom. The van der Waals surface area contributed by atoms with Gasteiger partial charge in [-0.1, -0.05) is 71.3 Å². The Morgan fingerprint density at radius 3 is 1.82 bits per heavy atom. The van der Waals surface area contributed by atoms with Crippen LogP contribution in [-0.2, 0) is 14.3 Å². The van der Waals surface area contributed by atoms with E-state index < -0.39 is 45.9 Å². The van der Waals surface area contributed by atoms with Gasteiger partial charge in [0.1, 0.15) is 11.3 Å². The second kappa shape index (κ2) is 17.1. The first-order chi connectivity index (χ1) is 18.8. The van der Waals surface area contributed by atoms with E-state index in [1.54, 1.807) is 0 Å². The summed E-state index contributed by atoms with van der Waals surface area (Å²) >= 11 is 0. The number of rotatable bonds is 18. The fourth-order valence-electron chi connectivity index (χ4n) is 4.40. The van der Waals surface area contributed by atoms with E-state index >= 15 is 0 Å². The lowest BCUT2D eigenvalue weighted by atomic mass is 9.74. The molecule has 40 heavy (non-hydrogen) atoms. The number of halogens is 4. The minimum absolute atomic E-state index is 0.139. The van der Waals surface area contributed by atoms with Crippen LogP contribution in [0.3, 0.4) is 0 Å². The van der Waals surface area contributed by atoms with Gasteiger partial charge in [-0.05, 0) is 56.4 Å². The molecule has 0 heterocycles. The van der Waals surface area contributed by atoms with Crippen LogP contribution in [0.2, 0.25) is 0 Å². The van der Waals surface area contributed by atoms with Crippen LogP contribution in [0.4, 0.5) is 23.2 Å². The highest BCUT2D eigenvalue weighted by atomic mass is 19.2. The van der Waals surface area contributed by atoms with Crippen LogP contribution >= 0.6 is 0 Å². The molecule has 0 radical (unpaired) electrons. The Bertz CT molecular complexity index is 1010. The highest BCUT2D eigenvalue weighted by Crippen LogP contribution is 2.34. The SMILES string of the molecule is CC(CCCCCCCOC(=O)C(C)(C)C(C)C(C)C)CCCCOC(=O)c1c(F)c(F)c(N=[N+]=[N-])c(F)c1F. The number of carbonyl (C=O) groups is 2. The molecule has 0 aliphatic carbocycles. The first-order valence-corrected chi connectivity index (χ1v) is 14.0. The fourth-order valence-corrected chi connectivity index (χ4v) is 4.40. The highest BCUT2D eigenvalue weighted by molar-refractivity contribution is 5.90. The molecular formula is C29H43F4N3O4. The Morgan fingerprint density at radius 1 is 0.800 bits per heavy atom. The number of esters is 2. The molecule has 0 saturated carbocycles. The van der Waals surface area contributed by atoms with Crippen LogP contribution in [0.1, 0.15) is 110 Å². The van der Waals surface area contributed by atoms with Crippen molar-refractivity contribution < 1.29 is 36.6 Å². The summed E-state index contributed by atoms with van der Waals surface area (Å²) in [6.45, 7) is 12.6. The van der Waals surface area contributed by atoms with Crippen molar-refractivity contribution in [2.45, 2.75) is 99.3 Å². The Hall–Kier alpha value is -2.81. The Balaban J connectivity index is 2.22. The van der Waals surface area contributed by atoms with E-state index in [0.29, 0.717) is 31.3 Å². The lowest BCUT2D eigenvalue weighted by Gasteiger charge is -2.32. The molecule has 0 bridgehead atoms. The van der Waals surface area contributed by atoms with E-state index in [9.17, 15) is 27.2 Å². The number of carbonyl (C=O) groups excluding carboxylic acids is 2.